The Kier molecular flexibility index (Phi) is 6.14. The van der Waals surface area contributed by atoms with Gasteiger partial charge in [-0.1, -0.05) is 12.8 Å². The number of anilines is 1. The van der Waals surface area contributed by atoms with Crippen LogP contribution in [0.15, 0.2) is 18.2 Å². The zero-order valence-electron chi connectivity index (χ0n) is 16.1. The van der Waals surface area contributed by atoms with E-state index in [1.807, 2.05) is 0 Å². The molecule has 1 saturated heterocycles. The molecule has 1 aromatic rings. The third-order valence-corrected chi connectivity index (χ3v) is 5.38. The number of carbonyl (C=O) groups is 3. The van der Waals surface area contributed by atoms with E-state index in [0.717, 1.165) is 35.9 Å². The number of halogens is 3. The van der Waals surface area contributed by atoms with E-state index in [4.69, 9.17) is 4.74 Å². The highest BCUT2D eigenvalue weighted by Gasteiger charge is 2.47. The average molecular weight is 412 g/mol. The van der Waals surface area contributed by atoms with E-state index in [1.54, 1.807) is 6.92 Å². The second-order valence-corrected chi connectivity index (χ2v) is 7.27. The Morgan fingerprint density at radius 2 is 1.79 bits per heavy atom. The Morgan fingerprint density at radius 3 is 2.34 bits per heavy atom. The van der Waals surface area contributed by atoms with Gasteiger partial charge in [-0.25, -0.2) is 0 Å². The number of hydrogen-bond acceptors (Lipinski definition) is 4. The predicted molar refractivity (Wildman–Crippen MR) is 98.0 cm³/mol. The summed E-state index contributed by atoms with van der Waals surface area (Å²) in [4.78, 5) is 38.3. The molecule has 1 aliphatic heterocycles. The third-order valence-electron chi connectivity index (χ3n) is 5.38. The van der Waals surface area contributed by atoms with Crippen molar-refractivity contribution in [3.8, 4) is 5.75 Å². The van der Waals surface area contributed by atoms with E-state index in [-0.39, 0.29) is 54.7 Å². The first-order valence-corrected chi connectivity index (χ1v) is 9.71. The van der Waals surface area contributed by atoms with Gasteiger partial charge in [-0.05, 0) is 38.0 Å². The maximum atomic E-state index is 13.0. The third kappa shape index (κ3) is 4.54. The van der Waals surface area contributed by atoms with Gasteiger partial charge in [-0.2, -0.15) is 13.2 Å². The smallest absolute Gasteiger partial charge is 0.416 e. The van der Waals surface area contributed by atoms with Gasteiger partial charge in [0.25, 0.3) is 0 Å². The van der Waals surface area contributed by atoms with Crippen LogP contribution in [-0.2, 0) is 20.6 Å². The molecule has 1 N–H and O–H groups in total. The van der Waals surface area contributed by atoms with Crippen molar-refractivity contribution in [1.82, 2.24) is 4.90 Å². The maximum Gasteiger partial charge on any atom is 0.416 e. The monoisotopic (exact) mass is 412 g/mol. The first-order valence-electron chi connectivity index (χ1n) is 9.71. The Hall–Kier alpha value is -2.58. The lowest BCUT2D eigenvalue weighted by Crippen LogP contribution is -2.34. The number of alkyl halides is 3. The van der Waals surface area contributed by atoms with Crippen molar-refractivity contribution in [2.75, 3.05) is 18.5 Å². The van der Waals surface area contributed by atoms with Crippen LogP contribution >= 0.6 is 0 Å². The van der Waals surface area contributed by atoms with Crippen LogP contribution in [-0.4, -0.2) is 35.8 Å². The quantitative estimate of drug-likeness (QED) is 0.725. The van der Waals surface area contributed by atoms with Crippen molar-refractivity contribution < 1.29 is 32.3 Å². The second kappa shape index (κ2) is 8.42. The Morgan fingerprint density at radius 1 is 1.17 bits per heavy atom. The number of rotatable bonds is 6. The molecule has 1 aromatic carbocycles. The summed E-state index contributed by atoms with van der Waals surface area (Å²) in [6.45, 7) is 1.81. The molecule has 2 aliphatic rings. The molecule has 1 heterocycles. The molecule has 3 rings (SSSR count). The molecule has 3 amide bonds. The molecule has 2 fully saturated rings. The van der Waals surface area contributed by atoms with E-state index in [0.29, 0.717) is 12.8 Å². The van der Waals surface area contributed by atoms with E-state index in [2.05, 4.69) is 5.32 Å². The highest BCUT2D eigenvalue weighted by Crippen LogP contribution is 2.38. The van der Waals surface area contributed by atoms with Crippen LogP contribution in [0.5, 0.6) is 5.75 Å². The number of fused-ring (bicyclic) bond motifs is 1. The largest absolute Gasteiger partial charge is 0.492 e. The minimum Gasteiger partial charge on any atom is -0.492 e. The molecular formula is C20H23F3N2O4. The number of likely N-dealkylation sites (tertiary alicyclic amines) is 1. The minimum atomic E-state index is -4.56. The van der Waals surface area contributed by atoms with E-state index >= 15 is 0 Å². The van der Waals surface area contributed by atoms with Gasteiger partial charge in [0.05, 0.1) is 29.7 Å². The lowest BCUT2D eigenvalue weighted by atomic mass is 9.81. The number of benzene rings is 1. The van der Waals surface area contributed by atoms with Gasteiger partial charge in [-0.15, -0.1) is 0 Å². The molecule has 6 nitrogen and oxygen atoms in total. The highest BCUT2D eigenvalue weighted by atomic mass is 19.4. The van der Waals surface area contributed by atoms with Crippen molar-refractivity contribution in [2.24, 2.45) is 11.8 Å². The second-order valence-electron chi connectivity index (χ2n) is 7.27. The average Bonchev–Trinajstić information content (AvgIpc) is 2.91. The molecule has 29 heavy (non-hydrogen) atoms. The molecule has 2 unspecified atom stereocenters. The van der Waals surface area contributed by atoms with Crippen molar-refractivity contribution in [3.05, 3.63) is 23.8 Å². The zero-order chi connectivity index (χ0) is 21.2. The van der Waals surface area contributed by atoms with E-state index in [1.165, 1.54) is 0 Å². The highest BCUT2D eigenvalue weighted by molar-refractivity contribution is 6.05. The normalized spacial score (nSPS) is 21.9. The fourth-order valence-electron chi connectivity index (χ4n) is 3.96. The Bertz CT molecular complexity index is 785. The summed E-state index contributed by atoms with van der Waals surface area (Å²) < 4.78 is 44.2. The number of hydrogen-bond donors (Lipinski definition) is 1. The van der Waals surface area contributed by atoms with Gasteiger partial charge in [0.1, 0.15) is 5.75 Å². The van der Waals surface area contributed by atoms with Crippen molar-refractivity contribution in [2.45, 2.75) is 45.2 Å². The molecule has 0 aromatic heterocycles. The predicted octanol–water partition coefficient (Wildman–Crippen LogP) is 3.61. The SMILES string of the molecule is CCOc1ccc(C(F)(F)F)cc1NC(=O)CCN1C(=O)C2CCCCC2C1=O. The number of ether oxygens (including phenoxy) is 1. The molecule has 158 valence electrons. The lowest BCUT2D eigenvalue weighted by molar-refractivity contribution is -0.140. The Balaban J connectivity index is 1.66. The zero-order valence-corrected chi connectivity index (χ0v) is 16.1. The van der Waals surface area contributed by atoms with Gasteiger partial charge in [-0.3, -0.25) is 19.3 Å². The molecule has 0 radical (unpaired) electrons. The van der Waals surface area contributed by atoms with Crippen LogP contribution in [0.2, 0.25) is 0 Å². The van der Waals surface area contributed by atoms with Gasteiger partial charge in [0.2, 0.25) is 17.7 Å². The summed E-state index contributed by atoms with van der Waals surface area (Å²) in [7, 11) is 0. The summed E-state index contributed by atoms with van der Waals surface area (Å²) in [5.41, 5.74) is -1.01. The lowest BCUT2D eigenvalue weighted by Gasteiger charge is -2.19. The van der Waals surface area contributed by atoms with Crippen LogP contribution in [0.3, 0.4) is 0 Å². The molecule has 0 spiro atoms. The molecule has 1 aliphatic carbocycles. The van der Waals surface area contributed by atoms with E-state index in [9.17, 15) is 27.6 Å². The van der Waals surface area contributed by atoms with Gasteiger partial charge < -0.3 is 10.1 Å². The van der Waals surface area contributed by atoms with Crippen molar-refractivity contribution in [1.29, 1.82) is 0 Å². The minimum absolute atomic E-state index is 0.0839. The van der Waals surface area contributed by atoms with Crippen LogP contribution in [0.4, 0.5) is 18.9 Å². The fraction of sp³-hybridized carbons (Fsp3) is 0.550. The number of carbonyl (C=O) groups excluding carboxylic acids is 3. The number of imide groups is 1. The summed E-state index contributed by atoms with van der Waals surface area (Å²) >= 11 is 0. The summed E-state index contributed by atoms with van der Waals surface area (Å²) in [6, 6.07) is 2.84. The summed E-state index contributed by atoms with van der Waals surface area (Å²) in [5, 5.41) is 2.41. The van der Waals surface area contributed by atoms with Crippen molar-refractivity contribution >= 4 is 23.4 Å². The molecule has 2 atom stereocenters. The number of nitrogens with zero attached hydrogens (tertiary/aromatic N) is 1. The van der Waals surface area contributed by atoms with Gasteiger partial charge >= 0.3 is 6.18 Å². The molecule has 0 bridgehead atoms. The molecular weight excluding hydrogens is 389 g/mol. The van der Waals surface area contributed by atoms with Crippen LogP contribution in [0, 0.1) is 11.8 Å². The maximum absolute atomic E-state index is 13.0. The molecule has 1 saturated carbocycles. The standard InChI is InChI=1S/C20H23F3N2O4/c1-2-29-16-8-7-12(20(21,22)23)11-15(16)24-17(26)9-10-25-18(27)13-5-3-4-6-14(13)19(25)28/h7-8,11,13-14H,2-6,9-10H2,1H3,(H,24,26). The van der Waals surface area contributed by atoms with Gasteiger partial charge in [0.15, 0.2) is 0 Å². The fourth-order valence-corrected chi connectivity index (χ4v) is 3.96. The van der Waals surface area contributed by atoms with Crippen LogP contribution in [0.1, 0.15) is 44.6 Å². The topological polar surface area (TPSA) is 75.7 Å². The van der Waals surface area contributed by atoms with Crippen molar-refractivity contribution in [3.63, 3.8) is 0 Å². The van der Waals surface area contributed by atoms with Crippen LogP contribution in [0.25, 0.3) is 0 Å². The number of nitrogens with one attached hydrogen (secondary N) is 1. The number of amides is 3. The van der Waals surface area contributed by atoms with Crippen LogP contribution < -0.4 is 10.1 Å². The first-order chi connectivity index (χ1) is 13.7. The summed E-state index contributed by atoms with van der Waals surface area (Å²) in [5.74, 6) is -1.57. The summed E-state index contributed by atoms with van der Waals surface area (Å²) in [6.07, 6.45) is -1.58. The Labute approximate surface area is 166 Å². The first kappa shape index (κ1) is 21.1. The van der Waals surface area contributed by atoms with E-state index < -0.39 is 17.6 Å². The van der Waals surface area contributed by atoms with Gasteiger partial charge in [0, 0.05) is 13.0 Å². The molecule has 9 heteroatoms.